The average molecular weight is 491 g/mol. The zero-order valence-electron chi connectivity index (χ0n) is 18.6. The molecule has 0 saturated carbocycles. The quantitative estimate of drug-likeness (QED) is 0.474. The van der Waals surface area contributed by atoms with Crippen molar-refractivity contribution in [3.05, 3.63) is 58.1 Å². The van der Waals surface area contributed by atoms with Crippen LogP contribution in [-0.2, 0) is 38.9 Å². The SMILES string of the molecule is CN(C)/C=N/S(=O)(=O)c1cc(NC(=O)Cc2ccccc2Cl)cc2c1CCN(C1COC1)C2. The van der Waals surface area contributed by atoms with Crippen molar-refractivity contribution in [1.29, 1.82) is 0 Å². The maximum absolute atomic E-state index is 13.1. The van der Waals surface area contributed by atoms with E-state index in [0.717, 1.165) is 17.7 Å². The summed E-state index contributed by atoms with van der Waals surface area (Å²) in [6, 6.07) is 10.8. The van der Waals surface area contributed by atoms with Gasteiger partial charge in [-0.25, -0.2) is 0 Å². The number of rotatable bonds is 7. The molecule has 176 valence electrons. The molecule has 2 aliphatic heterocycles. The van der Waals surface area contributed by atoms with Gasteiger partial charge in [0, 0.05) is 37.9 Å². The van der Waals surface area contributed by atoms with E-state index in [1.807, 2.05) is 12.1 Å². The summed E-state index contributed by atoms with van der Waals surface area (Å²) in [6.45, 7) is 2.71. The molecule has 1 fully saturated rings. The second-order valence-electron chi connectivity index (χ2n) is 8.50. The number of carbonyl (C=O) groups excluding carboxylic acids is 1. The van der Waals surface area contributed by atoms with Gasteiger partial charge in [0.2, 0.25) is 5.91 Å². The highest BCUT2D eigenvalue weighted by Gasteiger charge is 2.32. The third-order valence-corrected chi connectivity index (χ3v) is 7.41. The van der Waals surface area contributed by atoms with Gasteiger partial charge < -0.3 is 15.0 Å². The number of ether oxygens (including phenoxy) is 1. The maximum Gasteiger partial charge on any atom is 0.284 e. The van der Waals surface area contributed by atoms with Crippen LogP contribution in [0.3, 0.4) is 0 Å². The summed E-state index contributed by atoms with van der Waals surface area (Å²) in [4.78, 5) is 16.7. The van der Waals surface area contributed by atoms with E-state index >= 15 is 0 Å². The average Bonchev–Trinajstić information content (AvgIpc) is 2.72. The molecule has 2 heterocycles. The topological polar surface area (TPSA) is 91.3 Å². The molecule has 1 amide bonds. The molecule has 0 atom stereocenters. The molecule has 4 rings (SSSR count). The molecule has 2 aliphatic rings. The van der Waals surface area contributed by atoms with Crippen LogP contribution in [0.1, 0.15) is 16.7 Å². The Hall–Kier alpha value is -2.46. The molecular weight excluding hydrogens is 464 g/mol. The minimum absolute atomic E-state index is 0.0865. The summed E-state index contributed by atoms with van der Waals surface area (Å²) in [5, 5.41) is 3.36. The molecule has 0 aliphatic carbocycles. The summed E-state index contributed by atoms with van der Waals surface area (Å²) in [5.41, 5.74) is 2.76. The molecule has 8 nitrogen and oxygen atoms in total. The normalized spacial score (nSPS) is 16.9. The first-order valence-electron chi connectivity index (χ1n) is 10.7. The number of anilines is 1. The van der Waals surface area contributed by atoms with Gasteiger partial charge in [0.1, 0.15) is 6.34 Å². The predicted molar refractivity (Wildman–Crippen MR) is 128 cm³/mol. The maximum atomic E-state index is 13.1. The molecule has 0 aromatic heterocycles. The van der Waals surface area contributed by atoms with E-state index in [1.165, 1.54) is 12.4 Å². The molecule has 0 radical (unpaired) electrons. The summed E-state index contributed by atoms with van der Waals surface area (Å²) >= 11 is 6.18. The molecule has 1 saturated heterocycles. The standard InChI is InChI=1S/C23H27ClN4O4S/c1-27(2)15-25-33(30,31)22-11-18(26-23(29)10-16-5-3-4-6-21(16)24)9-17-12-28(8-7-20(17)22)19-13-32-14-19/h3-6,9,11,15,19H,7-8,10,12-14H2,1-2H3,(H,26,29)/b25-15+. The van der Waals surface area contributed by atoms with Crippen LogP contribution in [0.4, 0.5) is 5.69 Å². The third kappa shape index (κ3) is 5.55. The van der Waals surface area contributed by atoms with Gasteiger partial charge in [0.15, 0.2) is 0 Å². The molecule has 10 heteroatoms. The number of nitrogens with zero attached hydrogens (tertiary/aromatic N) is 3. The number of amides is 1. The van der Waals surface area contributed by atoms with Gasteiger partial charge in [-0.05, 0) is 41.3 Å². The number of fused-ring (bicyclic) bond motifs is 1. The highest BCUT2D eigenvalue weighted by atomic mass is 35.5. The van der Waals surface area contributed by atoms with Crippen molar-refractivity contribution < 1.29 is 17.9 Å². The first-order valence-corrected chi connectivity index (χ1v) is 12.5. The fourth-order valence-corrected chi connectivity index (χ4v) is 5.41. The Morgan fingerprint density at radius 3 is 2.73 bits per heavy atom. The largest absolute Gasteiger partial charge is 0.378 e. The zero-order chi connectivity index (χ0) is 23.6. The molecule has 0 unspecified atom stereocenters. The van der Waals surface area contributed by atoms with Crippen LogP contribution in [0.25, 0.3) is 0 Å². The van der Waals surface area contributed by atoms with Gasteiger partial charge in [0.05, 0.1) is 30.6 Å². The highest BCUT2D eigenvalue weighted by Crippen LogP contribution is 2.32. The van der Waals surface area contributed by atoms with E-state index in [-0.39, 0.29) is 17.2 Å². The Kier molecular flexibility index (Phi) is 7.04. The van der Waals surface area contributed by atoms with Crippen molar-refractivity contribution in [2.75, 3.05) is 39.2 Å². The Bertz CT molecular complexity index is 1180. The van der Waals surface area contributed by atoms with Crippen LogP contribution in [-0.4, -0.2) is 70.4 Å². The first kappa shape index (κ1) is 23.7. The minimum atomic E-state index is -3.94. The van der Waals surface area contributed by atoms with E-state index in [0.29, 0.717) is 48.5 Å². The van der Waals surface area contributed by atoms with E-state index in [9.17, 15) is 13.2 Å². The summed E-state index contributed by atoms with van der Waals surface area (Å²) < 4.78 is 35.3. The zero-order valence-corrected chi connectivity index (χ0v) is 20.2. The van der Waals surface area contributed by atoms with Crippen molar-refractivity contribution in [1.82, 2.24) is 9.80 Å². The lowest BCUT2D eigenvalue weighted by Crippen LogP contribution is -2.50. The molecule has 0 bridgehead atoms. The Labute approximate surface area is 199 Å². The van der Waals surface area contributed by atoms with Crippen LogP contribution in [0.2, 0.25) is 5.02 Å². The molecular formula is C23H27ClN4O4S. The molecule has 33 heavy (non-hydrogen) atoms. The number of sulfonamides is 1. The monoisotopic (exact) mass is 490 g/mol. The summed E-state index contributed by atoms with van der Waals surface area (Å²) in [7, 11) is -0.524. The second kappa shape index (κ2) is 9.80. The van der Waals surface area contributed by atoms with Gasteiger partial charge in [-0.1, -0.05) is 29.8 Å². The number of hydrogen-bond acceptors (Lipinski definition) is 5. The Morgan fingerprint density at radius 2 is 2.06 bits per heavy atom. The van der Waals surface area contributed by atoms with E-state index in [4.69, 9.17) is 16.3 Å². The van der Waals surface area contributed by atoms with E-state index in [1.54, 1.807) is 37.2 Å². The van der Waals surface area contributed by atoms with Crippen molar-refractivity contribution in [2.24, 2.45) is 4.40 Å². The number of halogens is 1. The Morgan fingerprint density at radius 1 is 1.30 bits per heavy atom. The van der Waals surface area contributed by atoms with Crippen molar-refractivity contribution in [2.45, 2.75) is 30.3 Å². The fourth-order valence-electron chi connectivity index (χ4n) is 3.96. The molecule has 2 aromatic rings. The van der Waals surface area contributed by atoms with Crippen molar-refractivity contribution in [3.63, 3.8) is 0 Å². The van der Waals surface area contributed by atoms with Crippen LogP contribution < -0.4 is 5.32 Å². The van der Waals surface area contributed by atoms with Gasteiger partial charge in [0.25, 0.3) is 10.0 Å². The van der Waals surface area contributed by atoms with Crippen LogP contribution in [0, 0.1) is 0 Å². The predicted octanol–water partition coefficient (Wildman–Crippen LogP) is 2.56. The van der Waals surface area contributed by atoms with Crippen molar-refractivity contribution >= 4 is 39.6 Å². The first-order chi connectivity index (χ1) is 15.7. The minimum Gasteiger partial charge on any atom is -0.378 e. The summed E-state index contributed by atoms with van der Waals surface area (Å²) in [6.07, 6.45) is 1.94. The molecule has 0 spiro atoms. The lowest BCUT2D eigenvalue weighted by molar-refractivity contribution is -0.115. The van der Waals surface area contributed by atoms with Crippen LogP contribution in [0.5, 0.6) is 0 Å². The van der Waals surface area contributed by atoms with E-state index < -0.39 is 10.0 Å². The van der Waals surface area contributed by atoms with Gasteiger partial charge in [-0.3, -0.25) is 9.69 Å². The third-order valence-electron chi connectivity index (χ3n) is 5.75. The molecule has 1 N–H and O–H groups in total. The van der Waals surface area contributed by atoms with Crippen LogP contribution in [0.15, 0.2) is 45.7 Å². The number of nitrogens with one attached hydrogen (secondary N) is 1. The van der Waals surface area contributed by atoms with Gasteiger partial charge >= 0.3 is 0 Å². The number of benzene rings is 2. The van der Waals surface area contributed by atoms with E-state index in [2.05, 4.69) is 14.6 Å². The van der Waals surface area contributed by atoms with Gasteiger partial charge in [-0.15, -0.1) is 4.40 Å². The smallest absolute Gasteiger partial charge is 0.284 e. The lowest BCUT2D eigenvalue weighted by Gasteiger charge is -2.40. The van der Waals surface area contributed by atoms with Gasteiger partial charge in [-0.2, -0.15) is 8.42 Å². The summed E-state index contributed by atoms with van der Waals surface area (Å²) in [5.74, 6) is -0.275. The number of carbonyl (C=O) groups is 1. The second-order valence-corrected chi connectivity index (χ2v) is 10.5. The lowest BCUT2D eigenvalue weighted by atomic mass is 9.97. The van der Waals surface area contributed by atoms with Crippen molar-refractivity contribution in [3.8, 4) is 0 Å². The highest BCUT2D eigenvalue weighted by molar-refractivity contribution is 7.90. The molecule has 2 aromatic carbocycles. The fraction of sp³-hybridized carbons (Fsp3) is 0.391. The van der Waals surface area contributed by atoms with Crippen LogP contribution >= 0.6 is 11.6 Å². The Balaban J connectivity index is 1.65. The number of hydrogen-bond donors (Lipinski definition) is 1.